The molecule has 0 amide bonds. The van der Waals surface area contributed by atoms with E-state index in [1.165, 1.54) is 31.5 Å². The van der Waals surface area contributed by atoms with E-state index in [1.807, 2.05) is 155 Å². The van der Waals surface area contributed by atoms with Gasteiger partial charge >= 0.3 is 0 Å². The summed E-state index contributed by atoms with van der Waals surface area (Å²) in [5.74, 6) is 2.58. The lowest BCUT2D eigenvalue weighted by Gasteiger charge is -2.21. The van der Waals surface area contributed by atoms with Crippen molar-refractivity contribution in [3.63, 3.8) is 0 Å². The van der Waals surface area contributed by atoms with E-state index in [2.05, 4.69) is 118 Å². The Kier molecular flexibility index (Phi) is 24.5. The van der Waals surface area contributed by atoms with Crippen LogP contribution in [0.2, 0.25) is 30.1 Å². The molecule has 33 nitrogen and oxygen atoms in total. The van der Waals surface area contributed by atoms with Crippen molar-refractivity contribution in [2.75, 3.05) is 32.3 Å². The predicted octanol–water partition coefficient (Wildman–Crippen LogP) is 21.8. The number of hydrogen-bond donors (Lipinski definition) is 11. The van der Waals surface area contributed by atoms with Gasteiger partial charge in [-0.25, -0.2) is 49.2 Å². The largest absolute Gasteiger partial charge is 0.368 e. The standard InChI is InChI=1S/C21H17ClN6O.C20H17Cl2N5O.C20H17ClFN5O.C20H18ClN5O.C19H18ClN7O/c1-11(27-20-18-13(8-23)9-24-19(18)25-10-26-20)16-7-12-3-2-4-15(22)17(12)21(29)28(16)14-5-6-14;2*1-10(26-19-17-14(22)8-23-18(17)24-9-25-19)15-7-11-3-2-4-13(21)16(11)20(28)27(15)12-5-6-12;1-11(25-19-14-7-8-22-18(14)23-10-24-19)16-9-12-3-2-4-15(21)17(12)20(27)26(16)13-5-6-13;1-9(24-17-15-16(23-8-22-15)25-19(21)26-17)13-7-10-3-2-4-12(20)14(10)18(28)27(13)11-5-6-11/h2-4,7,9-11,14H,5-6H2,1H3,(H2,24,25,26,27);2*2-4,7-10,12H,5-6H2,1H3,(H2,23,24,25,26);2-4,7-11,13H,5-6H2,1H3,(H2,22,23,24,25);2-4,7-9,11H,5-6H2,1H3,(H4,21,22,23,24,25,26)/t11-;2*10-;11-;9-/m00000/s1. The number of nitrogens with zero attached hydrogens (tertiary/aromatic N) is 17. The number of nitrogen functional groups attached to an aromatic ring is 1. The summed E-state index contributed by atoms with van der Waals surface area (Å²) in [7, 11) is 0. The minimum atomic E-state index is -0.421. The number of H-pyrrole nitrogens is 5. The average Bonchev–Trinajstić information content (AvgIpc) is 1.63. The summed E-state index contributed by atoms with van der Waals surface area (Å²) in [6, 6.07) is 41.9. The third-order valence-corrected chi connectivity index (χ3v) is 27.8. The molecule has 0 bridgehead atoms. The van der Waals surface area contributed by atoms with Crippen LogP contribution in [0.5, 0.6) is 0 Å². The number of anilines is 6. The number of aromatic amines is 5. The molecule has 15 aromatic heterocycles. The van der Waals surface area contributed by atoms with Gasteiger partial charge in [0.05, 0.1) is 121 Å². The van der Waals surface area contributed by atoms with Crippen LogP contribution in [-0.4, -0.2) is 103 Å². The van der Waals surface area contributed by atoms with E-state index < -0.39 is 5.82 Å². The Morgan fingerprint density at radius 2 is 0.686 bits per heavy atom. The molecular weight excluding hydrogens is 1910 g/mol. The zero-order chi connectivity index (χ0) is 96.9. The second kappa shape index (κ2) is 37.5. The lowest BCUT2D eigenvalue weighted by Crippen LogP contribution is -2.26. The fourth-order valence-corrected chi connectivity index (χ4v) is 20.1. The van der Waals surface area contributed by atoms with Gasteiger partial charge in [-0.3, -0.25) is 24.0 Å². The van der Waals surface area contributed by atoms with Crippen molar-refractivity contribution in [2.24, 2.45) is 0 Å². The van der Waals surface area contributed by atoms with Gasteiger partial charge in [-0.1, -0.05) is 130 Å². The lowest BCUT2D eigenvalue weighted by atomic mass is 10.1. The second-order valence-corrected chi connectivity index (χ2v) is 38.1. The third kappa shape index (κ3) is 17.6. The molecule has 25 rings (SSSR count). The van der Waals surface area contributed by atoms with E-state index in [1.54, 1.807) is 49.1 Å². The monoisotopic (exact) mass is 1990 g/mol. The van der Waals surface area contributed by atoms with Gasteiger partial charge in [0.15, 0.2) is 17.3 Å². The normalized spacial score (nSPS) is 15.2. The van der Waals surface area contributed by atoms with Crippen molar-refractivity contribution in [2.45, 2.75) is 159 Å². The van der Waals surface area contributed by atoms with Crippen molar-refractivity contribution >= 4 is 214 Å². The van der Waals surface area contributed by atoms with Crippen molar-refractivity contribution in [1.29, 1.82) is 5.26 Å². The summed E-state index contributed by atoms with van der Waals surface area (Å²) in [6.07, 6.45) is 23.7. The fraction of sp³-hybridized carbons (Fsp3) is 0.250. The Balaban J connectivity index is 0.000000104. The Bertz CT molecular complexity index is 8380. The number of imidazole rings is 1. The number of rotatable bonds is 20. The second-order valence-electron chi connectivity index (χ2n) is 35.6. The minimum absolute atomic E-state index is 0.0151. The van der Waals surface area contributed by atoms with E-state index >= 15 is 0 Å². The molecule has 0 aliphatic heterocycles. The maximum absolute atomic E-state index is 14.2. The van der Waals surface area contributed by atoms with E-state index in [0.29, 0.717) is 125 Å². The number of aromatic nitrogens is 21. The number of nitriles is 1. The van der Waals surface area contributed by atoms with Crippen LogP contribution in [-0.2, 0) is 0 Å². The highest BCUT2D eigenvalue weighted by Crippen LogP contribution is 2.45. The average molecular weight is 1990 g/mol. The van der Waals surface area contributed by atoms with Gasteiger partial charge in [0.25, 0.3) is 27.8 Å². The molecule has 140 heavy (non-hydrogen) atoms. The topological polar surface area (TPSA) is 441 Å². The molecule has 0 saturated heterocycles. The number of nitrogens with two attached hydrogens (primary N) is 1. The van der Waals surface area contributed by atoms with Gasteiger partial charge in [0.2, 0.25) is 5.95 Å². The summed E-state index contributed by atoms with van der Waals surface area (Å²) in [5.41, 5.74) is 14.1. The van der Waals surface area contributed by atoms with Gasteiger partial charge in [0.1, 0.15) is 82.8 Å². The molecule has 0 unspecified atom stereocenters. The summed E-state index contributed by atoms with van der Waals surface area (Å²) in [4.78, 5) is 128. The van der Waals surface area contributed by atoms with Gasteiger partial charge < -0.3 is 80.1 Å². The number of benzene rings is 5. The quantitative estimate of drug-likeness (QED) is 0.0337. The molecular formula is C100H87Cl6FN28O5. The maximum atomic E-state index is 14.2. The van der Waals surface area contributed by atoms with Crippen molar-refractivity contribution in [3.8, 4) is 6.07 Å². The summed E-state index contributed by atoms with van der Waals surface area (Å²) < 4.78 is 23.5. The molecule has 0 radical (unpaired) electrons. The first kappa shape index (κ1) is 91.5. The molecule has 706 valence electrons. The van der Waals surface area contributed by atoms with Crippen LogP contribution in [0, 0.1) is 17.1 Å². The number of pyridine rings is 5. The molecule has 5 aliphatic carbocycles. The Hall–Kier alpha value is -14.9. The minimum Gasteiger partial charge on any atom is -0.368 e. The highest BCUT2D eigenvalue weighted by Gasteiger charge is 2.37. The van der Waals surface area contributed by atoms with Crippen LogP contribution < -0.4 is 60.1 Å². The van der Waals surface area contributed by atoms with Gasteiger partial charge in [-0.05, 0) is 192 Å². The molecule has 5 atom stereocenters. The molecule has 40 heteroatoms. The SMILES string of the molecule is C[C@H](Nc1nc(N)nc2nc[nH]c12)c1cc2cccc(Cl)c2c(=O)n1C1CC1.C[C@H](Nc1ncnc2[nH]cc(C#N)c12)c1cc2cccc(Cl)c2c(=O)n1C1CC1.C[C@H](Nc1ncnc2[nH]cc(Cl)c12)c1cc2cccc(Cl)c2c(=O)n1C1CC1.C[C@H](Nc1ncnc2[nH]cc(F)c12)c1cc2cccc(Cl)c2c(=O)n1C1CC1.C[C@H](Nc1ncnc2[nH]ccc12)c1cc2cccc(Cl)c2c(=O)n1C1CC1. The number of nitrogens with one attached hydrogen (secondary N) is 10. The van der Waals surface area contributed by atoms with Crippen LogP contribution in [0.4, 0.5) is 39.4 Å². The molecule has 5 fully saturated rings. The first-order valence-electron chi connectivity index (χ1n) is 45.8. The highest BCUT2D eigenvalue weighted by atomic mass is 35.5. The van der Waals surface area contributed by atoms with E-state index in [4.69, 9.17) is 75.3 Å². The van der Waals surface area contributed by atoms with Gasteiger partial charge in [0, 0.05) is 83.5 Å². The maximum Gasteiger partial charge on any atom is 0.260 e. The number of fused-ring (bicyclic) bond motifs is 10. The zero-order valence-corrected chi connectivity index (χ0v) is 80.1. The van der Waals surface area contributed by atoms with Crippen LogP contribution in [0.3, 0.4) is 0 Å². The van der Waals surface area contributed by atoms with Crippen molar-refractivity contribution in [1.82, 2.24) is 103 Å². The predicted molar refractivity (Wildman–Crippen MR) is 549 cm³/mol. The van der Waals surface area contributed by atoms with Crippen LogP contribution in [0.1, 0.15) is 193 Å². The Labute approximate surface area is 823 Å². The van der Waals surface area contributed by atoms with Crippen LogP contribution >= 0.6 is 69.6 Å². The summed E-state index contributed by atoms with van der Waals surface area (Å²) >= 11 is 37.9. The van der Waals surface area contributed by atoms with Crippen molar-refractivity contribution in [3.05, 3.63) is 306 Å². The first-order valence-corrected chi connectivity index (χ1v) is 48.0. The van der Waals surface area contributed by atoms with E-state index in [0.717, 1.165) is 142 Å². The third-order valence-electron chi connectivity index (χ3n) is 25.9. The Morgan fingerprint density at radius 1 is 0.364 bits per heavy atom. The fourth-order valence-electron chi connectivity index (χ4n) is 18.5. The number of hydrogen-bond acceptors (Lipinski definition) is 23. The Morgan fingerprint density at radius 3 is 1.06 bits per heavy atom. The van der Waals surface area contributed by atoms with Crippen LogP contribution in [0.15, 0.2) is 208 Å². The molecule has 20 aromatic rings. The smallest absolute Gasteiger partial charge is 0.260 e. The van der Waals surface area contributed by atoms with Crippen molar-refractivity contribution < 1.29 is 4.39 Å². The van der Waals surface area contributed by atoms with Gasteiger partial charge in [-0.15, -0.1) is 0 Å². The molecule has 5 aromatic carbocycles. The van der Waals surface area contributed by atoms with E-state index in [9.17, 15) is 33.6 Å². The number of halogens is 7. The molecule has 5 aliphatic rings. The zero-order valence-electron chi connectivity index (χ0n) is 75.5. The summed E-state index contributed by atoms with van der Waals surface area (Å²) in [5, 5.41) is 38.8. The lowest BCUT2D eigenvalue weighted by molar-refractivity contribution is 0.632. The highest BCUT2D eigenvalue weighted by molar-refractivity contribution is 6.38. The summed E-state index contributed by atoms with van der Waals surface area (Å²) in [6.45, 7) is 9.97. The molecule has 5 saturated carbocycles. The molecule has 0 spiro atoms. The molecule has 15 heterocycles. The first-order chi connectivity index (χ1) is 67.8. The molecule has 12 N–H and O–H groups in total. The van der Waals surface area contributed by atoms with E-state index in [-0.39, 0.29) is 94.2 Å². The van der Waals surface area contributed by atoms with Crippen LogP contribution in [0.25, 0.3) is 109 Å². The van der Waals surface area contributed by atoms with Gasteiger partial charge in [-0.2, -0.15) is 15.2 Å².